The third kappa shape index (κ3) is 3.67. The second-order valence-corrected chi connectivity index (χ2v) is 4.03. The zero-order chi connectivity index (χ0) is 11.3. The molecule has 1 heterocycles. The Labute approximate surface area is 96.3 Å². The van der Waals surface area contributed by atoms with E-state index in [1.165, 1.54) is 12.8 Å². The highest BCUT2D eigenvalue weighted by Crippen LogP contribution is 2.18. The number of anilines is 1. The monoisotopic (exact) mass is 227 g/mol. The van der Waals surface area contributed by atoms with Crippen LogP contribution in [0.1, 0.15) is 37.6 Å². The Bertz CT molecular complexity index is 326. The van der Waals surface area contributed by atoms with Crippen molar-refractivity contribution in [1.82, 2.24) is 9.97 Å². The average Bonchev–Trinajstić information content (AvgIpc) is 2.20. The number of halogens is 1. The van der Waals surface area contributed by atoms with E-state index in [-0.39, 0.29) is 0 Å². The predicted molar refractivity (Wildman–Crippen MR) is 64.5 cm³/mol. The molecular formula is C11H18ClN3. The summed E-state index contributed by atoms with van der Waals surface area (Å²) >= 11 is 5.98. The number of hydrogen-bond acceptors (Lipinski definition) is 3. The normalized spacial score (nSPS) is 10.4. The van der Waals surface area contributed by atoms with Crippen LogP contribution in [0, 0.1) is 13.8 Å². The van der Waals surface area contributed by atoms with Crippen molar-refractivity contribution in [3.8, 4) is 0 Å². The second kappa shape index (κ2) is 5.91. The molecule has 0 radical (unpaired) electrons. The van der Waals surface area contributed by atoms with Crippen LogP contribution < -0.4 is 5.32 Å². The van der Waals surface area contributed by atoms with E-state index >= 15 is 0 Å². The van der Waals surface area contributed by atoms with E-state index in [1.807, 2.05) is 13.8 Å². The maximum absolute atomic E-state index is 5.98. The number of aryl methyl sites for hydroxylation is 2. The largest absolute Gasteiger partial charge is 0.368 e. The summed E-state index contributed by atoms with van der Waals surface area (Å²) in [6.45, 7) is 6.94. The molecule has 0 atom stereocenters. The first-order valence-electron chi connectivity index (χ1n) is 5.39. The molecule has 1 aromatic heterocycles. The Kier molecular flexibility index (Phi) is 4.82. The van der Waals surface area contributed by atoms with Gasteiger partial charge in [-0.25, -0.2) is 9.97 Å². The lowest BCUT2D eigenvalue weighted by Crippen LogP contribution is -2.06. The van der Waals surface area contributed by atoms with Crippen molar-refractivity contribution in [2.24, 2.45) is 0 Å². The van der Waals surface area contributed by atoms with Gasteiger partial charge in [0.15, 0.2) is 11.0 Å². The number of hydrogen-bond donors (Lipinski definition) is 1. The third-order valence-corrected chi connectivity index (χ3v) is 2.60. The molecule has 1 rings (SSSR count). The highest BCUT2D eigenvalue weighted by Gasteiger charge is 2.05. The quantitative estimate of drug-likeness (QED) is 0.784. The Balaban J connectivity index is 2.57. The minimum atomic E-state index is 0.467. The number of rotatable bonds is 5. The van der Waals surface area contributed by atoms with Gasteiger partial charge in [0.1, 0.15) is 0 Å². The number of unbranched alkanes of at least 4 members (excludes halogenated alkanes) is 2. The average molecular weight is 228 g/mol. The second-order valence-electron chi connectivity index (χ2n) is 3.67. The molecule has 0 fully saturated rings. The molecule has 0 aliphatic heterocycles. The molecular weight excluding hydrogens is 210 g/mol. The zero-order valence-corrected chi connectivity index (χ0v) is 10.4. The van der Waals surface area contributed by atoms with Crippen LogP contribution in [0.4, 0.5) is 5.82 Å². The minimum absolute atomic E-state index is 0.467. The molecule has 0 bridgehead atoms. The van der Waals surface area contributed by atoms with Gasteiger partial charge in [0.05, 0.1) is 11.4 Å². The topological polar surface area (TPSA) is 37.8 Å². The molecule has 0 unspecified atom stereocenters. The molecule has 0 aliphatic rings. The molecule has 1 N–H and O–H groups in total. The van der Waals surface area contributed by atoms with Crippen molar-refractivity contribution in [2.45, 2.75) is 40.0 Å². The Morgan fingerprint density at radius 1 is 1.13 bits per heavy atom. The van der Waals surface area contributed by atoms with Crippen molar-refractivity contribution >= 4 is 17.4 Å². The maximum atomic E-state index is 5.98. The van der Waals surface area contributed by atoms with Crippen LogP contribution in [-0.2, 0) is 0 Å². The molecule has 15 heavy (non-hydrogen) atoms. The van der Waals surface area contributed by atoms with Gasteiger partial charge in [-0.3, -0.25) is 0 Å². The SMILES string of the molecule is CCCCCNc1nc(C)c(C)nc1Cl. The predicted octanol–water partition coefficient (Wildman–Crippen LogP) is 3.35. The third-order valence-electron chi connectivity index (χ3n) is 2.34. The summed E-state index contributed by atoms with van der Waals surface area (Å²) in [7, 11) is 0. The fourth-order valence-electron chi connectivity index (χ4n) is 1.27. The fraction of sp³-hybridized carbons (Fsp3) is 0.636. The standard InChI is InChI=1S/C11H18ClN3/c1-4-5-6-7-13-11-10(12)14-8(2)9(3)15-11/h4-7H2,1-3H3,(H,13,15). The van der Waals surface area contributed by atoms with Gasteiger partial charge < -0.3 is 5.32 Å². The molecule has 84 valence electrons. The summed E-state index contributed by atoms with van der Waals surface area (Å²) in [5.41, 5.74) is 1.82. The van der Waals surface area contributed by atoms with Gasteiger partial charge in [0, 0.05) is 6.54 Å². The molecule has 4 heteroatoms. The molecule has 0 aromatic carbocycles. The van der Waals surface area contributed by atoms with Gasteiger partial charge in [-0.1, -0.05) is 31.4 Å². The summed E-state index contributed by atoms with van der Waals surface area (Å²) in [4.78, 5) is 8.58. The lowest BCUT2D eigenvalue weighted by Gasteiger charge is -2.08. The van der Waals surface area contributed by atoms with Crippen LogP contribution in [0.3, 0.4) is 0 Å². The molecule has 0 aliphatic carbocycles. The maximum Gasteiger partial charge on any atom is 0.171 e. The summed E-state index contributed by atoms with van der Waals surface area (Å²) < 4.78 is 0. The summed E-state index contributed by atoms with van der Waals surface area (Å²) in [5.74, 6) is 0.705. The molecule has 0 spiro atoms. The van der Waals surface area contributed by atoms with Crippen LogP contribution in [0.25, 0.3) is 0 Å². The van der Waals surface area contributed by atoms with Gasteiger partial charge >= 0.3 is 0 Å². The van der Waals surface area contributed by atoms with E-state index in [9.17, 15) is 0 Å². The van der Waals surface area contributed by atoms with E-state index in [0.29, 0.717) is 11.0 Å². The van der Waals surface area contributed by atoms with Crippen LogP contribution in [0.15, 0.2) is 0 Å². The van der Waals surface area contributed by atoms with Crippen molar-refractivity contribution in [3.05, 3.63) is 16.5 Å². The summed E-state index contributed by atoms with van der Waals surface area (Å²) in [5, 5.41) is 3.68. The van der Waals surface area contributed by atoms with E-state index in [0.717, 1.165) is 24.4 Å². The molecule has 0 saturated carbocycles. The van der Waals surface area contributed by atoms with Crippen LogP contribution in [-0.4, -0.2) is 16.5 Å². The van der Waals surface area contributed by atoms with Crippen molar-refractivity contribution < 1.29 is 0 Å². The number of nitrogens with zero attached hydrogens (tertiary/aromatic N) is 2. The van der Waals surface area contributed by atoms with Crippen molar-refractivity contribution in [2.75, 3.05) is 11.9 Å². The molecule has 0 amide bonds. The van der Waals surface area contributed by atoms with E-state index in [4.69, 9.17) is 11.6 Å². The Morgan fingerprint density at radius 2 is 1.80 bits per heavy atom. The molecule has 3 nitrogen and oxygen atoms in total. The lowest BCUT2D eigenvalue weighted by molar-refractivity contribution is 0.741. The fourth-order valence-corrected chi connectivity index (χ4v) is 1.51. The zero-order valence-electron chi connectivity index (χ0n) is 9.60. The lowest BCUT2D eigenvalue weighted by atomic mass is 10.2. The van der Waals surface area contributed by atoms with Gasteiger partial charge in [-0.2, -0.15) is 0 Å². The van der Waals surface area contributed by atoms with Gasteiger partial charge in [0.25, 0.3) is 0 Å². The van der Waals surface area contributed by atoms with Crippen molar-refractivity contribution in [3.63, 3.8) is 0 Å². The number of aromatic nitrogens is 2. The molecule has 0 saturated heterocycles. The van der Waals surface area contributed by atoms with E-state index < -0.39 is 0 Å². The highest BCUT2D eigenvalue weighted by atomic mass is 35.5. The van der Waals surface area contributed by atoms with Crippen molar-refractivity contribution in [1.29, 1.82) is 0 Å². The van der Waals surface area contributed by atoms with Gasteiger partial charge in [-0.05, 0) is 20.3 Å². The van der Waals surface area contributed by atoms with Crippen LogP contribution in [0.2, 0.25) is 5.15 Å². The van der Waals surface area contributed by atoms with Crippen LogP contribution in [0.5, 0.6) is 0 Å². The van der Waals surface area contributed by atoms with E-state index in [1.54, 1.807) is 0 Å². The Hall–Kier alpha value is -0.830. The summed E-state index contributed by atoms with van der Waals surface area (Å²) in [6.07, 6.45) is 3.58. The van der Waals surface area contributed by atoms with Crippen LogP contribution >= 0.6 is 11.6 Å². The van der Waals surface area contributed by atoms with Gasteiger partial charge in [-0.15, -0.1) is 0 Å². The Morgan fingerprint density at radius 3 is 2.47 bits per heavy atom. The smallest absolute Gasteiger partial charge is 0.171 e. The van der Waals surface area contributed by atoms with E-state index in [2.05, 4.69) is 22.2 Å². The summed E-state index contributed by atoms with van der Waals surface area (Å²) in [6, 6.07) is 0. The highest BCUT2D eigenvalue weighted by molar-refractivity contribution is 6.31. The van der Waals surface area contributed by atoms with Gasteiger partial charge in [0.2, 0.25) is 0 Å². The molecule has 1 aromatic rings. The first-order valence-corrected chi connectivity index (χ1v) is 5.77. The number of nitrogens with one attached hydrogen (secondary N) is 1. The first kappa shape index (κ1) is 12.2. The minimum Gasteiger partial charge on any atom is -0.368 e. The first-order chi connectivity index (χ1) is 7.15.